The number of nitrogens with one attached hydrogen (secondary N) is 1. The first kappa shape index (κ1) is 4.43. The van der Waals surface area contributed by atoms with Gasteiger partial charge in [0.25, 0.3) is 0 Å². The van der Waals surface area contributed by atoms with Crippen molar-refractivity contribution in [1.82, 2.24) is 5.23 Å². The van der Waals surface area contributed by atoms with Gasteiger partial charge in [-0.1, -0.05) is 12.1 Å². The molecule has 1 nitrogen and oxygen atoms in total. The molecule has 0 atom stereocenters. The number of hydrogen-bond acceptors (Lipinski definition) is 1. The third-order valence-corrected chi connectivity index (χ3v) is 0.743. The molecule has 0 bridgehead atoms. The molecule has 0 radical (unpaired) electrons. The molecule has 0 aromatic carbocycles. The van der Waals surface area contributed by atoms with Gasteiger partial charge in [-0.2, -0.15) is 0 Å². The van der Waals surface area contributed by atoms with E-state index < -0.39 is 7.12 Å². The quantitative estimate of drug-likeness (QED) is 0.437. The van der Waals surface area contributed by atoms with E-state index in [4.69, 9.17) is 0 Å². The standard InChI is InChI=1S/C4H5BFN/c6-5-3-1-2-4-7-5/h1-4,7H. The van der Waals surface area contributed by atoms with Crippen molar-refractivity contribution in [3.05, 3.63) is 24.3 Å². The van der Waals surface area contributed by atoms with Crippen LogP contribution in [0.5, 0.6) is 0 Å². The largest absolute Gasteiger partial charge is 0.484 e. The molecule has 0 unspecified atom stereocenters. The molecule has 0 saturated heterocycles. The molecule has 0 amide bonds. The van der Waals surface area contributed by atoms with Crippen LogP contribution in [0.4, 0.5) is 4.32 Å². The summed E-state index contributed by atoms with van der Waals surface area (Å²) in [5, 5.41) is 2.45. The average Bonchev–Trinajstić information content (AvgIpc) is 1.69. The Bertz CT molecular complexity index is 110. The highest BCUT2D eigenvalue weighted by Crippen LogP contribution is 1.88. The molecule has 1 heterocycles. The van der Waals surface area contributed by atoms with Crippen LogP contribution in [0, 0.1) is 0 Å². The maximum Gasteiger partial charge on any atom is 0.484 e. The smallest absolute Gasteiger partial charge is 0.402 e. The van der Waals surface area contributed by atoms with Gasteiger partial charge in [0.15, 0.2) is 0 Å². The molecule has 0 spiro atoms. The van der Waals surface area contributed by atoms with Crippen molar-refractivity contribution in [3.63, 3.8) is 0 Å². The van der Waals surface area contributed by atoms with Crippen molar-refractivity contribution in [3.8, 4) is 0 Å². The van der Waals surface area contributed by atoms with E-state index in [1.807, 2.05) is 0 Å². The van der Waals surface area contributed by atoms with Crippen LogP contribution in [0.15, 0.2) is 24.3 Å². The Labute approximate surface area is 42.1 Å². The summed E-state index contributed by atoms with van der Waals surface area (Å²) in [5.74, 6) is 1.44. The monoisotopic (exact) mass is 97.0 g/mol. The first-order valence-corrected chi connectivity index (χ1v) is 2.13. The average molecular weight is 96.9 g/mol. The zero-order chi connectivity index (χ0) is 5.11. The second-order valence-electron chi connectivity index (χ2n) is 1.31. The predicted molar refractivity (Wildman–Crippen MR) is 28.3 cm³/mol. The Morgan fingerprint density at radius 1 is 1.43 bits per heavy atom. The maximum atomic E-state index is 11.9. The molecule has 1 aliphatic rings. The van der Waals surface area contributed by atoms with Crippen LogP contribution in [0.1, 0.15) is 0 Å². The van der Waals surface area contributed by atoms with Gasteiger partial charge in [-0.3, -0.25) is 4.32 Å². The molecule has 0 aromatic rings. The third-order valence-electron chi connectivity index (χ3n) is 0.743. The van der Waals surface area contributed by atoms with Crippen molar-refractivity contribution in [2.24, 2.45) is 0 Å². The first-order valence-electron chi connectivity index (χ1n) is 2.13. The number of halogens is 1. The second kappa shape index (κ2) is 1.82. The minimum Gasteiger partial charge on any atom is -0.402 e. The van der Waals surface area contributed by atoms with E-state index in [1.165, 1.54) is 5.98 Å². The summed E-state index contributed by atoms with van der Waals surface area (Å²) < 4.78 is 11.9. The summed E-state index contributed by atoms with van der Waals surface area (Å²) in [4.78, 5) is 0. The van der Waals surface area contributed by atoms with Crippen molar-refractivity contribution in [2.45, 2.75) is 0 Å². The second-order valence-corrected chi connectivity index (χ2v) is 1.31. The Balaban J connectivity index is 2.49. The lowest BCUT2D eigenvalue weighted by molar-refractivity contribution is 0.819. The summed E-state index contributed by atoms with van der Waals surface area (Å²) in [7, 11) is -0.981. The lowest BCUT2D eigenvalue weighted by Gasteiger charge is -1.98. The lowest BCUT2D eigenvalue weighted by Crippen LogP contribution is -2.23. The summed E-state index contributed by atoms with van der Waals surface area (Å²) in [5.41, 5.74) is 0. The van der Waals surface area contributed by atoms with Crippen LogP contribution < -0.4 is 5.23 Å². The van der Waals surface area contributed by atoms with Crippen LogP contribution in [0.2, 0.25) is 0 Å². The minimum absolute atomic E-state index is 0.981. The van der Waals surface area contributed by atoms with Crippen LogP contribution in [0.3, 0.4) is 0 Å². The molecule has 1 rings (SSSR count). The van der Waals surface area contributed by atoms with E-state index in [0.29, 0.717) is 0 Å². The van der Waals surface area contributed by atoms with Gasteiger partial charge < -0.3 is 5.23 Å². The van der Waals surface area contributed by atoms with Crippen molar-refractivity contribution >= 4 is 7.12 Å². The molecule has 0 aromatic heterocycles. The van der Waals surface area contributed by atoms with E-state index in [0.717, 1.165) is 0 Å². The molecular weight excluding hydrogens is 91.9 g/mol. The Morgan fingerprint density at radius 3 is 2.57 bits per heavy atom. The molecule has 0 fully saturated rings. The fourth-order valence-electron chi connectivity index (χ4n) is 0.420. The first-order chi connectivity index (χ1) is 3.39. The Hall–Kier alpha value is -0.725. The van der Waals surface area contributed by atoms with Crippen LogP contribution >= 0.6 is 0 Å². The normalized spacial score (nSPS) is 17.0. The lowest BCUT2D eigenvalue weighted by atomic mass is 9.86. The SMILES string of the molecule is FB1C=CC=CN1. The molecule has 7 heavy (non-hydrogen) atoms. The van der Waals surface area contributed by atoms with Gasteiger partial charge in [0, 0.05) is 0 Å². The van der Waals surface area contributed by atoms with Gasteiger partial charge in [-0.15, -0.1) is 0 Å². The fraction of sp³-hybridized carbons (Fsp3) is 0. The fourth-order valence-corrected chi connectivity index (χ4v) is 0.420. The van der Waals surface area contributed by atoms with Crippen molar-refractivity contribution in [1.29, 1.82) is 0 Å². The molecule has 3 heteroatoms. The van der Waals surface area contributed by atoms with E-state index in [1.54, 1.807) is 18.4 Å². The highest BCUT2D eigenvalue weighted by Gasteiger charge is 2.05. The number of rotatable bonds is 0. The highest BCUT2D eigenvalue weighted by molar-refractivity contribution is 6.54. The summed E-state index contributed by atoms with van der Waals surface area (Å²) in [6.45, 7) is 0. The van der Waals surface area contributed by atoms with Crippen molar-refractivity contribution in [2.75, 3.05) is 0 Å². The van der Waals surface area contributed by atoms with E-state index in [9.17, 15) is 4.32 Å². The molecule has 0 aliphatic carbocycles. The van der Waals surface area contributed by atoms with Gasteiger partial charge in [0.05, 0.1) is 0 Å². The van der Waals surface area contributed by atoms with Crippen LogP contribution in [-0.4, -0.2) is 7.12 Å². The van der Waals surface area contributed by atoms with E-state index in [2.05, 4.69) is 5.23 Å². The Morgan fingerprint density at radius 2 is 2.29 bits per heavy atom. The van der Waals surface area contributed by atoms with Gasteiger partial charge in [-0.05, 0) is 12.3 Å². The van der Waals surface area contributed by atoms with E-state index in [-0.39, 0.29) is 0 Å². The summed E-state index contributed by atoms with van der Waals surface area (Å²) in [6, 6.07) is 0. The van der Waals surface area contributed by atoms with Gasteiger partial charge in [-0.25, -0.2) is 0 Å². The molecule has 1 aliphatic heterocycles. The van der Waals surface area contributed by atoms with Crippen LogP contribution in [-0.2, 0) is 0 Å². The third kappa shape index (κ3) is 1.07. The van der Waals surface area contributed by atoms with Gasteiger partial charge in [0.1, 0.15) is 0 Å². The van der Waals surface area contributed by atoms with Gasteiger partial charge in [0.2, 0.25) is 0 Å². The Kier molecular flexibility index (Phi) is 1.15. The predicted octanol–water partition coefficient (Wildman–Crippen LogP) is 0.656. The zero-order valence-corrected chi connectivity index (χ0v) is 3.76. The molecule has 1 N–H and O–H groups in total. The minimum atomic E-state index is -0.981. The molecule has 36 valence electrons. The highest BCUT2D eigenvalue weighted by atomic mass is 19.1. The number of allylic oxidation sites excluding steroid dienone is 2. The molecular formula is C4H5BFN. The molecule has 0 saturated carbocycles. The van der Waals surface area contributed by atoms with Gasteiger partial charge >= 0.3 is 7.12 Å². The van der Waals surface area contributed by atoms with Crippen LogP contribution in [0.25, 0.3) is 0 Å². The van der Waals surface area contributed by atoms with E-state index >= 15 is 0 Å². The zero-order valence-electron chi connectivity index (χ0n) is 3.76. The summed E-state index contributed by atoms with van der Waals surface area (Å²) in [6.07, 6.45) is 4.99. The van der Waals surface area contributed by atoms with Crippen molar-refractivity contribution < 1.29 is 4.32 Å². The topological polar surface area (TPSA) is 12.0 Å². The maximum absolute atomic E-state index is 11.9. The summed E-state index contributed by atoms with van der Waals surface area (Å²) >= 11 is 0. The number of hydrogen-bond donors (Lipinski definition) is 1.